The minimum Gasteiger partial charge on any atom is -0.490 e. The summed E-state index contributed by atoms with van der Waals surface area (Å²) in [4.78, 5) is 16.7. The third-order valence-electron chi connectivity index (χ3n) is 4.21. The lowest BCUT2D eigenvalue weighted by Crippen LogP contribution is -2.48. The zero-order valence-electron chi connectivity index (χ0n) is 14.0. The summed E-state index contributed by atoms with van der Waals surface area (Å²) in [5.41, 5.74) is 1.60. The third-order valence-corrected chi connectivity index (χ3v) is 4.21. The highest BCUT2D eigenvalue weighted by atomic mass is 19.1. The first-order chi connectivity index (χ1) is 12.2. The molecule has 1 heterocycles. The molecule has 0 aromatic heterocycles. The summed E-state index contributed by atoms with van der Waals surface area (Å²) in [6, 6.07) is 13.7. The van der Waals surface area contributed by atoms with Crippen LogP contribution in [0.2, 0.25) is 0 Å². The molecule has 0 N–H and O–H groups in total. The molecule has 1 amide bonds. The molecule has 25 heavy (non-hydrogen) atoms. The Labute approximate surface area is 147 Å². The summed E-state index contributed by atoms with van der Waals surface area (Å²) in [6.45, 7) is 6.75. The van der Waals surface area contributed by atoms with Gasteiger partial charge in [0.2, 0.25) is 0 Å². The second-order valence-corrected chi connectivity index (χ2v) is 5.88. The molecule has 0 bridgehead atoms. The van der Waals surface area contributed by atoms with Crippen LogP contribution in [-0.4, -0.2) is 43.6 Å². The Morgan fingerprint density at radius 3 is 2.52 bits per heavy atom. The van der Waals surface area contributed by atoms with Gasteiger partial charge in [-0.15, -0.1) is 0 Å². The van der Waals surface area contributed by atoms with Crippen LogP contribution < -0.4 is 9.64 Å². The Balaban J connectivity index is 1.61. The van der Waals surface area contributed by atoms with Crippen LogP contribution in [0.25, 0.3) is 0 Å². The lowest BCUT2D eigenvalue weighted by atomic mass is 10.1. The molecule has 0 unspecified atom stereocenters. The van der Waals surface area contributed by atoms with Gasteiger partial charge in [-0.3, -0.25) is 4.79 Å². The van der Waals surface area contributed by atoms with E-state index in [0.29, 0.717) is 31.0 Å². The minimum atomic E-state index is -0.240. The van der Waals surface area contributed by atoms with Crippen LogP contribution in [0.1, 0.15) is 10.4 Å². The number of carbonyl (C=O) groups excluding carboxylic acids is 1. The number of nitrogens with zero attached hydrogens (tertiary/aromatic N) is 2. The molecule has 1 fully saturated rings. The first-order valence-corrected chi connectivity index (χ1v) is 8.31. The quantitative estimate of drug-likeness (QED) is 0.783. The lowest BCUT2D eigenvalue weighted by Gasteiger charge is -2.36. The van der Waals surface area contributed by atoms with Crippen LogP contribution in [-0.2, 0) is 0 Å². The summed E-state index contributed by atoms with van der Waals surface area (Å²) in [7, 11) is 0. The van der Waals surface area contributed by atoms with Crippen molar-refractivity contribution in [1.82, 2.24) is 4.90 Å². The van der Waals surface area contributed by atoms with E-state index in [2.05, 4.69) is 11.5 Å². The molecule has 0 aliphatic carbocycles. The van der Waals surface area contributed by atoms with E-state index in [4.69, 9.17) is 4.74 Å². The van der Waals surface area contributed by atoms with Gasteiger partial charge in [0.15, 0.2) is 0 Å². The number of benzene rings is 2. The molecular formula is C20H21FN2O2. The SMILES string of the molecule is C=CCOc1cccc(C(=O)N2CCN(c3ccc(F)cc3)CC2)c1. The zero-order valence-corrected chi connectivity index (χ0v) is 14.0. The van der Waals surface area contributed by atoms with E-state index in [1.807, 2.05) is 17.0 Å². The van der Waals surface area contributed by atoms with Crippen molar-refractivity contribution >= 4 is 11.6 Å². The number of rotatable bonds is 5. The molecule has 2 aromatic carbocycles. The highest BCUT2D eigenvalue weighted by Gasteiger charge is 2.22. The van der Waals surface area contributed by atoms with Gasteiger partial charge in [-0.2, -0.15) is 0 Å². The summed E-state index contributed by atoms with van der Waals surface area (Å²) in [5.74, 6) is 0.426. The van der Waals surface area contributed by atoms with Crippen LogP contribution >= 0.6 is 0 Å². The van der Waals surface area contributed by atoms with Gasteiger partial charge < -0.3 is 14.5 Å². The van der Waals surface area contributed by atoms with Crippen molar-refractivity contribution in [3.63, 3.8) is 0 Å². The maximum atomic E-state index is 13.0. The van der Waals surface area contributed by atoms with Crippen molar-refractivity contribution in [2.75, 3.05) is 37.7 Å². The van der Waals surface area contributed by atoms with Gasteiger partial charge in [0.25, 0.3) is 5.91 Å². The summed E-state index contributed by atoms with van der Waals surface area (Å²) < 4.78 is 18.5. The van der Waals surface area contributed by atoms with E-state index >= 15 is 0 Å². The molecule has 0 atom stereocenters. The topological polar surface area (TPSA) is 32.8 Å². The molecule has 4 nitrogen and oxygen atoms in total. The maximum Gasteiger partial charge on any atom is 0.254 e. The van der Waals surface area contributed by atoms with Crippen LogP contribution in [0.15, 0.2) is 61.2 Å². The summed E-state index contributed by atoms with van der Waals surface area (Å²) in [5, 5.41) is 0. The maximum absolute atomic E-state index is 13.0. The van der Waals surface area contributed by atoms with Crippen molar-refractivity contribution in [2.45, 2.75) is 0 Å². The van der Waals surface area contributed by atoms with E-state index < -0.39 is 0 Å². The van der Waals surface area contributed by atoms with Gasteiger partial charge in [0.1, 0.15) is 18.2 Å². The van der Waals surface area contributed by atoms with Gasteiger partial charge in [-0.1, -0.05) is 18.7 Å². The second-order valence-electron chi connectivity index (χ2n) is 5.88. The van der Waals surface area contributed by atoms with Crippen LogP contribution in [0.3, 0.4) is 0 Å². The zero-order chi connectivity index (χ0) is 17.6. The molecule has 2 aromatic rings. The number of anilines is 1. The molecule has 0 radical (unpaired) electrons. The van der Waals surface area contributed by atoms with E-state index in [1.54, 1.807) is 30.3 Å². The third kappa shape index (κ3) is 4.18. The van der Waals surface area contributed by atoms with E-state index in [9.17, 15) is 9.18 Å². The van der Waals surface area contributed by atoms with Crippen molar-refractivity contribution in [3.8, 4) is 5.75 Å². The highest BCUT2D eigenvalue weighted by Crippen LogP contribution is 2.19. The molecule has 0 spiro atoms. The van der Waals surface area contributed by atoms with Gasteiger partial charge in [0, 0.05) is 37.4 Å². The predicted molar refractivity (Wildman–Crippen MR) is 96.7 cm³/mol. The second kappa shape index (κ2) is 7.83. The minimum absolute atomic E-state index is 0.00260. The predicted octanol–water partition coefficient (Wildman–Crippen LogP) is 3.35. The molecule has 0 saturated carbocycles. The Morgan fingerprint density at radius 2 is 1.84 bits per heavy atom. The molecule has 1 saturated heterocycles. The summed E-state index contributed by atoms with van der Waals surface area (Å²) >= 11 is 0. The number of amides is 1. The van der Waals surface area contributed by atoms with Crippen molar-refractivity contribution in [1.29, 1.82) is 0 Å². The molecule has 5 heteroatoms. The number of hydrogen-bond donors (Lipinski definition) is 0. The van der Waals surface area contributed by atoms with Crippen LogP contribution in [0.5, 0.6) is 5.75 Å². The fourth-order valence-electron chi connectivity index (χ4n) is 2.88. The Bertz CT molecular complexity index is 738. The summed E-state index contributed by atoms with van der Waals surface area (Å²) in [6.07, 6.45) is 1.67. The van der Waals surface area contributed by atoms with Gasteiger partial charge in [0.05, 0.1) is 0 Å². The van der Waals surface area contributed by atoms with Gasteiger partial charge >= 0.3 is 0 Å². The normalized spacial score (nSPS) is 14.3. The van der Waals surface area contributed by atoms with E-state index in [0.717, 1.165) is 18.8 Å². The lowest BCUT2D eigenvalue weighted by molar-refractivity contribution is 0.0746. The Hall–Kier alpha value is -2.82. The smallest absolute Gasteiger partial charge is 0.254 e. The van der Waals surface area contributed by atoms with Crippen molar-refractivity contribution in [2.24, 2.45) is 0 Å². The van der Waals surface area contributed by atoms with Crippen LogP contribution in [0, 0.1) is 5.82 Å². The van der Waals surface area contributed by atoms with Gasteiger partial charge in [-0.25, -0.2) is 4.39 Å². The largest absolute Gasteiger partial charge is 0.490 e. The average molecular weight is 340 g/mol. The molecular weight excluding hydrogens is 319 g/mol. The fraction of sp³-hybridized carbons (Fsp3) is 0.250. The molecule has 3 rings (SSSR count). The molecule has 130 valence electrons. The van der Waals surface area contributed by atoms with Crippen LogP contribution in [0.4, 0.5) is 10.1 Å². The average Bonchev–Trinajstić information content (AvgIpc) is 2.67. The molecule has 1 aliphatic rings. The number of carbonyl (C=O) groups is 1. The van der Waals surface area contributed by atoms with Gasteiger partial charge in [-0.05, 0) is 42.5 Å². The monoisotopic (exact) mass is 340 g/mol. The Morgan fingerprint density at radius 1 is 1.12 bits per heavy atom. The van der Waals surface area contributed by atoms with E-state index in [-0.39, 0.29) is 11.7 Å². The van der Waals surface area contributed by atoms with Crippen molar-refractivity contribution in [3.05, 3.63) is 72.6 Å². The first kappa shape index (κ1) is 17.0. The van der Waals surface area contributed by atoms with Crippen molar-refractivity contribution < 1.29 is 13.9 Å². The number of ether oxygens (including phenoxy) is 1. The fourth-order valence-corrected chi connectivity index (χ4v) is 2.88. The Kier molecular flexibility index (Phi) is 5.33. The highest BCUT2D eigenvalue weighted by molar-refractivity contribution is 5.94. The number of hydrogen-bond acceptors (Lipinski definition) is 3. The standard InChI is InChI=1S/C20H21FN2O2/c1-2-14-25-19-5-3-4-16(15-19)20(24)23-12-10-22(11-13-23)18-8-6-17(21)7-9-18/h2-9,15H,1,10-14H2. The van der Waals surface area contributed by atoms with E-state index in [1.165, 1.54) is 12.1 Å². The number of halogens is 1. The number of piperazine rings is 1. The first-order valence-electron chi connectivity index (χ1n) is 8.31. The molecule has 1 aliphatic heterocycles.